The molecule has 27 heavy (non-hydrogen) atoms. The van der Waals surface area contributed by atoms with Crippen LogP contribution in [0.4, 0.5) is 0 Å². The molecule has 0 saturated carbocycles. The Bertz CT molecular complexity index is 763. The molecule has 0 radical (unpaired) electrons. The number of nitrogens with zero attached hydrogens (tertiary/aromatic N) is 2. The minimum absolute atomic E-state index is 0.00727. The molecule has 0 N–H and O–H groups in total. The van der Waals surface area contributed by atoms with Gasteiger partial charge in [-0.3, -0.25) is 9.59 Å². The number of carbonyl (C=O) groups is 2. The van der Waals surface area contributed by atoms with Crippen LogP contribution in [0.15, 0.2) is 54.6 Å². The van der Waals surface area contributed by atoms with Gasteiger partial charge in [0.25, 0.3) is 11.8 Å². The van der Waals surface area contributed by atoms with Crippen molar-refractivity contribution in [1.82, 2.24) is 9.80 Å². The van der Waals surface area contributed by atoms with Crippen molar-refractivity contribution in [3.8, 4) is 0 Å². The first kappa shape index (κ1) is 19.2. The number of hydrogen-bond donors (Lipinski definition) is 0. The molecule has 0 aromatic heterocycles. The van der Waals surface area contributed by atoms with Gasteiger partial charge in [0.2, 0.25) is 0 Å². The fourth-order valence-corrected chi connectivity index (χ4v) is 3.46. The summed E-state index contributed by atoms with van der Waals surface area (Å²) >= 11 is 0. The fraction of sp³-hybridized carbons (Fsp3) is 0.391. The predicted molar refractivity (Wildman–Crippen MR) is 108 cm³/mol. The van der Waals surface area contributed by atoms with Crippen LogP contribution < -0.4 is 0 Å². The van der Waals surface area contributed by atoms with Crippen LogP contribution in [-0.2, 0) is 6.54 Å². The van der Waals surface area contributed by atoms with Gasteiger partial charge in [-0.1, -0.05) is 37.3 Å². The van der Waals surface area contributed by atoms with E-state index in [1.807, 2.05) is 47.1 Å². The first-order valence-electron chi connectivity index (χ1n) is 9.81. The third-order valence-corrected chi connectivity index (χ3v) is 5.33. The standard InChI is InChI=1S/C23H28N2O2/c1-3-24(17-19-7-5-4-6-8-19)22(26)20-9-11-21(12-10-20)23(27)25-15-13-18(2)14-16-25/h4-12,18H,3,13-17H2,1-2H3. The molecule has 0 aliphatic carbocycles. The van der Waals surface area contributed by atoms with Crippen LogP contribution in [0.1, 0.15) is 53.0 Å². The molecule has 0 unspecified atom stereocenters. The van der Waals surface area contributed by atoms with Gasteiger partial charge in [0.1, 0.15) is 0 Å². The monoisotopic (exact) mass is 364 g/mol. The van der Waals surface area contributed by atoms with E-state index in [1.165, 1.54) is 0 Å². The number of rotatable bonds is 5. The molecule has 1 saturated heterocycles. The van der Waals surface area contributed by atoms with Crippen molar-refractivity contribution in [2.75, 3.05) is 19.6 Å². The van der Waals surface area contributed by atoms with E-state index in [0.29, 0.717) is 30.1 Å². The summed E-state index contributed by atoms with van der Waals surface area (Å²) in [5.41, 5.74) is 2.39. The third-order valence-electron chi connectivity index (χ3n) is 5.33. The van der Waals surface area contributed by atoms with Crippen molar-refractivity contribution >= 4 is 11.8 Å². The molecule has 1 aliphatic rings. The smallest absolute Gasteiger partial charge is 0.254 e. The van der Waals surface area contributed by atoms with Gasteiger partial charge in [-0.25, -0.2) is 0 Å². The highest BCUT2D eigenvalue weighted by Gasteiger charge is 2.22. The second-order valence-electron chi connectivity index (χ2n) is 7.36. The highest BCUT2D eigenvalue weighted by atomic mass is 16.2. The van der Waals surface area contributed by atoms with E-state index in [0.717, 1.165) is 31.5 Å². The maximum atomic E-state index is 12.8. The Kier molecular flexibility index (Phi) is 6.28. The molecule has 4 heteroatoms. The van der Waals surface area contributed by atoms with Crippen molar-refractivity contribution in [2.45, 2.75) is 33.2 Å². The zero-order chi connectivity index (χ0) is 19.2. The number of carbonyl (C=O) groups excluding carboxylic acids is 2. The lowest BCUT2D eigenvalue weighted by Gasteiger charge is -2.30. The number of hydrogen-bond acceptors (Lipinski definition) is 2. The summed E-state index contributed by atoms with van der Waals surface area (Å²) in [4.78, 5) is 29.2. The van der Waals surface area contributed by atoms with Gasteiger partial charge in [-0.05, 0) is 55.5 Å². The predicted octanol–water partition coefficient (Wildman–Crippen LogP) is 4.22. The largest absolute Gasteiger partial charge is 0.339 e. The Hall–Kier alpha value is -2.62. The molecular formula is C23H28N2O2. The molecule has 0 bridgehead atoms. The van der Waals surface area contributed by atoms with Crippen molar-refractivity contribution in [2.24, 2.45) is 5.92 Å². The first-order valence-corrected chi connectivity index (χ1v) is 9.81. The van der Waals surface area contributed by atoms with E-state index in [-0.39, 0.29) is 11.8 Å². The molecule has 1 heterocycles. The van der Waals surface area contributed by atoms with Crippen LogP contribution in [0, 0.1) is 5.92 Å². The van der Waals surface area contributed by atoms with Crippen LogP contribution in [0.25, 0.3) is 0 Å². The van der Waals surface area contributed by atoms with Gasteiger partial charge >= 0.3 is 0 Å². The van der Waals surface area contributed by atoms with Crippen LogP contribution in [-0.4, -0.2) is 41.2 Å². The summed E-state index contributed by atoms with van der Waals surface area (Å²) in [7, 11) is 0. The number of amides is 2. The van der Waals surface area contributed by atoms with Gasteiger partial charge in [0.15, 0.2) is 0 Å². The van der Waals surface area contributed by atoms with E-state index >= 15 is 0 Å². The van der Waals surface area contributed by atoms with Gasteiger partial charge in [-0.15, -0.1) is 0 Å². The van der Waals surface area contributed by atoms with Crippen LogP contribution in [0.5, 0.6) is 0 Å². The minimum atomic E-state index is -0.00727. The van der Waals surface area contributed by atoms with E-state index in [2.05, 4.69) is 6.92 Å². The summed E-state index contributed by atoms with van der Waals surface area (Å²) in [6.07, 6.45) is 2.13. The van der Waals surface area contributed by atoms with Gasteiger partial charge in [0.05, 0.1) is 0 Å². The molecule has 0 atom stereocenters. The zero-order valence-electron chi connectivity index (χ0n) is 16.2. The number of piperidine rings is 1. The molecule has 0 spiro atoms. The zero-order valence-corrected chi connectivity index (χ0v) is 16.2. The van der Waals surface area contributed by atoms with E-state index < -0.39 is 0 Å². The maximum Gasteiger partial charge on any atom is 0.254 e. The number of likely N-dealkylation sites (tertiary alicyclic amines) is 1. The Balaban J connectivity index is 1.66. The van der Waals surface area contributed by atoms with Gasteiger partial charge < -0.3 is 9.80 Å². The van der Waals surface area contributed by atoms with Crippen molar-refractivity contribution in [1.29, 1.82) is 0 Å². The quantitative estimate of drug-likeness (QED) is 0.797. The highest BCUT2D eigenvalue weighted by molar-refractivity contribution is 5.97. The summed E-state index contributed by atoms with van der Waals surface area (Å²) in [5.74, 6) is 0.753. The molecule has 3 rings (SSSR count). The molecule has 2 amide bonds. The minimum Gasteiger partial charge on any atom is -0.339 e. The molecule has 1 aliphatic heterocycles. The van der Waals surface area contributed by atoms with Crippen LogP contribution in [0.2, 0.25) is 0 Å². The second-order valence-corrected chi connectivity index (χ2v) is 7.36. The molecule has 1 fully saturated rings. The lowest BCUT2D eigenvalue weighted by Crippen LogP contribution is -2.37. The van der Waals surface area contributed by atoms with Crippen LogP contribution >= 0.6 is 0 Å². The molecule has 2 aromatic carbocycles. The Morgan fingerprint density at radius 2 is 1.56 bits per heavy atom. The Labute approximate surface area is 161 Å². The average Bonchev–Trinajstić information content (AvgIpc) is 2.72. The number of benzene rings is 2. The topological polar surface area (TPSA) is 40.6 Å². The fourth-order valence-electron chi connectivity index (χ4n) is 3.46. The van der Waals surface area contributed by atoms with Crippen molar-refractivity contribution < 1.29 is 9.59 Å². The second kappa shape index (κ2) is 8.85. The first-order chi connectivity index (χ1) is 13.1. The average molecular weight is 364 g/mol. The van der Waals surface area contributed by atoms with Crippen LogP contribution in [0.3, 0.4) is 0 Å². The maximum absolute atomic E-state index is 12.8. The van der Waals surface area contributed by atoms with E-state index in [1.54, 1.807) is 24.3 Å². The van der Waals surface area contributed by atoms with Gasteiger partial charge in [-0.2, -0.15) is 0 Å². The normalized spacial score (nSPS) is 14.8. The van der Waals surface area contributed by atoms with Gasteiger partial charge in [0, 0.05) is 37.3 Å². The van der Waals surface area contributed by atoms with E-state index in [4.69, 9.17) is 0 Å². The molecule has 142 valence electrons. The van der Waals surface area contributed by atoms with Crippen molar-refractivity contribution in [3.63, 3.8) is 0 Å². The lowest BCUT2D eigenvalue weighted by molar-refractivity contribution is 0.0694. The highest BCUT2D eigenvalue weighted by Crippen LogP contribution is 2.19. The summed E-state index contributed by atoms with van der Waals surface area (Å²) in [5, 5.41) is 0. The van der Waals surface area contributed by atoms with E-state index in [9.17, 15) is 9.59 Å². The molecule has 2 aromatic rings. The molecule has 4 nitrogen and oxygen atoms in total. The third kappa shape index (κ3) is 4.76. The Morgan fingerprint density at radius 3 is 2.15 bits per heavy atom. The summed E-state index contributed by atoms with van der Waals surface area (Å²) in [6, 6.07) is 17.1. The summed E-state index contributed by atoms with van der Waals surface area (Å²) < 4.78 is 0. The SMILES string of the molecule is CCN(Cc1ccccc1)C(=O)c1ccc(C(=O)N2CCC(C)CC2)cc1. The van der Waals surface area contributed by atoms with Crippen molar-refractivity contribution in [3.05, 3.63) is 71.3 Å². The summed E-state index contributed by atoms with van der Waals surface area (Å²) in [6.45, 7) is 7.08. The lowest BCUT2D eigenvalue weighted by atomic mass is 9.98. The molecular weight excluding hydrogens is 336 g/mol. The Morgan fingerprint density at radius 1 is 0.963 bits per heavy atom.